The van der Waals surface area contributed by atoms with Gasteiger partial charge in [0.05, 0.1) is 6.42 Å². The summed E-state index contributed by atoms with van der Waals surface area (Å²) in [7, 11) is 0. The van der Waals surface area contributed by atoms with Crippen LogP contribution in [0.1, 0.15) is 39.0 Å². The van der Waals surface area contributed by atoms with Gasteiger partial charge in [0.25, 0.3) is 0 Å². The van der Waals surface area contributed by atoms with Crippen molar-refractivity contribution in [2.24, 2.45) is 5.92 Å². The molecule has 1 heterocycles. The van der Waals surface area contributed by atoms with E-state index in [9.17, 15) is 4.79 Å². The van der Waals surface area contributed by atoms with Crippen molar-refractivity contribution in [1.82, 2.24) is 9.80 Å². The minimum absolute atomic E-state index is 0.279. The van der Waals surface area contributed by atoms with Gasteiger partial charge in [0.1, 0.15) is 0 Å². The van der Waals surface area contributed by atoms with Gasteiger partial charge in [-0.05, 0) is 31.6 Å². The van der Waals surface area contributed by atoms with E-state index in [2.05, 4.69) is 16.7 Å². The Kier molecular flexibility index (Phi) is 5.01. The zero-order chi connectivity index (χ0) is 13.0. The molecule has 1 aliphatic carbocycles. The molecule has 0 amide bonds. The second kappa shape index (κ2) is 6.53. The van der Waals surface area contributed by atoms with Gasteiger partial charge in [-0.1, -0.05) is 6.92 Å². The lowest BCUT2D eigenvalue weighted by Crippen LogP contribution is -2.51. The topological polar surface area (TPSA) is 43.8 Å². The molecule has 4 nitrogen and oxygen atoms in total. The summed E-state index contributed by atoms with van der Waals surface area (Å²) in [6.45, 7) is 7.40. The zero-order valence-corrected chi connectivity index (χ0v) is 11.5. The third-order valence-electron chi connectivity index (χ3n) is 4.55. The summed E-state index contributed by atoms with van der Waals surface area (Å²) in [5.41, 5.74) is 0. The molecule has 2 rings (SSSR count). The van der Waals surface area contributed by atoms with Crippen molar-refractivity contribution in [3.05, 3.63) is 0 Å². The van der Waals surface area contributed by atoms with E-state index < -0.39 is 5.97 Å². The maximum atomic E-state index is 10.5. The summed E-state index contributed by atoms with van der Waals surface area (Å²) in [5.74, 6) is 0.233. The molecule has 4 heteroatoms. The average molecular weight is 254 g/mol. The highest BCUT2D eigenvalue weighted by Gasteiger charge is 2.26. The fourth-order valence-electron chi connectivity index (χ4n) is 3.21. The monoisotopic (exact) mass is 254 g/mol. The Balaban J connectivity index is 1.68. The van der Waals surface area contributed by atoms with Crippen molar-refractivity contribution < 1.29 is 9.90 Å². The summed E-state index contributed by atoms with van der Waals surface area (Å²) < 4.78 is 0. The SMILES string of the molecule is CC1CCC(N2CCN(CCC(=O)O)CC2)CC1. The van der Waals surface area contributed by atoms with Crippen molar-refractivity contribution in [3.8, 4) is 0 Å². The Morgan fingerprint density at radius 2 is 1.72 bits per heavy atom. The fourth-order valence-corrected chi connectivity index (χ4v) is 3.21. The van der Waals surface area contributed by atoms with Crippen LogP contribution in [0.5, 0.6) is 0 Å². The number of carboxylic acids is 1. The highest BCUT2D eigenvalue weighted by atomic mass is 16.4. The van der Waals surface area contributed by atoms with Gasteiger partial charge < -0.3 is 10.0 Å². The molecule has 0 spiro atoms. The van der Waals surface area contributed by atoms with Crippen LogP contribution in [0, 0.1) is 5.92 Å². The summed E-state index contributed by atoms with van der Waals surface area (Å²) in [4.78, 5) is 15.5. The normalized spacial score (nSPS) is 31.4. The molecule has 1 aliphatic heterocycles. The molecule has 1 N–H and O–H groups in total. The molecule has 0 aromatic heterocycles. The lowest BCUT2D eigenvalue weighted by Gasteiger charge is -2.41. The fraction of sp³-hybridized carbons (Fsp3) is 0.929. The maximum absolute atomic E-state index is 10.5. The first kappa shape index (κ1) is 13.8. The van der Waals surface area contributed by atoms with E-state index >= 15 is 0 Å². The molecular weight excluding hydrogens is 228 g/mol. The molecule has 18 heavy (non-hydrogen) atoms. The van der Waals surface area contributed by atoms with Crippen LogP contribution in [0.25, 0.3) is 0 Å². The highest BCUT2D eigenvalue weighted by Crippen LogP contribution is 2.27. The van der Waals surface area contributed by atoms with Crippen LogP contribution in [-0.4, -0.2) is 59.6 Å². The van der Waals surface area contributed by atoms with Gasteiger partial charge in [-0.3, -0.25) is 9.69 Å². The van der Waals surface area contributed by atoms with Crippen LogP contribution in [0.4, 0.5) is 0 Å². The third-order valence-corrected chi connectivity index (χ3v) is 4.55. The number of nitrogens with zero attached hydrogens (tertiary/aromatic N) is 2. The number of aliphatic carboxylic acids is 1. The van der Waals surface area contributed by atoms with Crippen LogP contribution in [-0.2, 0) is 4.79 Å². The minimum Gasteiger partial charge on any atom is -0.481 e. The van der Waals surface area contributed by atoms with Crippen LogP contribution < -0.4 is 0 Å². The van der Waals surface area contributed by atoms with Gasteiger partial charge >= 0.3 is 5.97 Å². The van der Waals surface area contributed by atoms with Gasteiger partial charge in [0.2, 0.25) is 0 Å². The molecule has 2 aliphatic rings. The van der Waals surface area contributed by atoms with Crippen LogP contribution in [0.15, 0.2) is 0 Å². The van der Waals surface area contributed by atoms with Crippen LogP contribution in [0.2, 0.25) is 0 Å². The van der Waals surface area contributed by atoms with E-state index in [4.69, 9.17) is 5.11 Å². The van der Waals surface area contributed by atoms with Crippen LogP contribution in [0.3, 0.4) is 0 Å². The molecule has 2 fully saturated rings. The van der Waals surface area contributed by atoms with E-state index in [1.54, 1.807) is 0 Å². The Hall–Kier alpha value is -0.610. The smallest absolute Gasteiger partial charge is 0.304 e. The molecular formula is C14H26N2O2. The lowest BCUT2D eigenvalue weighted by atomic mass is 9.86. The van der Waals surface area contributed by atoms with Crippen molar-refractivity contribution >= 4 is 5.97 Å². The highest BCUT2D eigenvalue weighted by molar-refractivity contribution is 5.66. The second-order valence-electron chi connectivity index (χ2n) is 5.94. The number of carboxylic acid groups (broad SMARTS) is 1. The molecule has 0 aromatic carbocycles. The molecule has 0 atom stereocenters. The van der Waals surface area contributed by atoms with Crippen molar-refractivity contribution in [2.45, 2.75) is 45.1 Å². The van der Waals surface area contributed by atoms with Crippen molar-refractivity contribution in [3.63, 3.8) is 0 Å². The Morgan fingerprint density at radius 1 is 1.11 bits per heavy atom. The molecule has 1 saturated heterocycles. The summed E-state index contributed by atoms with van der Waals surface area (Å²) in [6, 6.07) is 0.794. The van der Waals surface area contributed by atoms with E-state index in [0.29, 0.717) is 6.54 Å². The van der Waals surface area contributed by atoms with E-state index in [1.807, 2.05) is 0 Å². The third kappa shape index (κ3) is 3.95. The average Bonchev–Trinajstić information content (AvgIpc) is 2.38. The number of piperazine rings is 1. The van der Waals surface area contributed by atoms with Gasteiger partial charge in [-0.2, -0.15) is 0 Å². The standard InChI is InChI=1S/C14H26N2O2/c1-12-2-4-13(5-3-12)16-10-8-15(9-11-16)7-6-14(17)18/h12-13H,2-11H2,1H3,(H,17,18). The van der Waals surface area contributed by atoms with E-state index in [-0.39, 0.29) is 6.42 Å². The summed E-state index contributed by atoms with van der Waals surface area (Å²) in [5, 5.41) is 8.69. The lowest BCUT2D eigenvalue weighted by molar-refractivity contribution is -0.137. The maximum Gasteiger partial charge on any atom is 0.304 e. The predicted octanol–water partition coefficient (Wildman–Crippen LogP) is 1.66. The van der Waals surface area contributed by atoms with Gasteiger partial charge in [-0.15, -0.1) is 0 Å². The first-order valence-electron chi connectivity index (χ1n) is 7.33. The minimum atomic E-state index is -0.682. The Bertz CT molecular complexity index is 267. The van der Waals surface area contributed by atoms with Crippen LogP contribution >= 0.6 is 0 Å². The second-order valence-corrected chi connectivity index (χ2v) is 5.94. The quantitative estimate of drug-likeness (QED) is 0.828. The Morgan fingerprint density at radius 3 is 2.28 bits per heavy atom. The first-order chi connectivity index (χ1) is 8.65. The summed E-state index contributed by atoms with van der Waals surface area (Å²) in [6.07, 6.45) is 5.75. The molecule has 1 saturated carbocycles. The van der Waals surface area contributed by atoms with Gasteiger partial charge in [0, 0.05) is 38.8 Å². The van der Waals surface area contributed by atoms with Gasteiger partial charge in [0.15, 0.2) is 0 Å². The first-order valence-corrected chi connectivity index (χ1v) is 7.33. The molecule has 0 bridgehead atoms. The number of hydrogen-bond donors (Lipinski definition) is 1. The van der Waals surface area contributed by atoms with Gasteiger partial charge in [-0.25, -0.2) is 0 Å². The molecule has 0 radical (unpaired) electrons. The zero-order valence-electron chi connectivity index (χ0n) is 11.5. The summed E-state index contributed by atoms with van der Waals surface area (Å²) >= 11 is 0. The number of hydrogen-bond acceptors (Lipinski definition) is 3. The predicted molar refractivity (Wildman–Crippen MR) is 71.7 cm³/mol. The van der Waals surface area contributed by atoms with E-state index in [1.165, 1.54) is 25.7 Å². The van der Waals surface area contributed by atoms with Crippen molar-refractivity contribution in [2.75, 3.05) is 32.7 Å². The van der Waals surface area contributed by atoms with E-state index in [0.717, 1.165) is 38.1 Å². The number of carbonyl (C=O) groups is 1. The van der Waals surface area contributed by atoms with Crippen molar-refractivity contribution in [1.29, 1.82) is 0 Å². The molecule has 104 valence electrons. The molecule has 0 aromatic rings. The largest absolute Gasteiger partial charge is 0.481 e. The Labute approximate surface area is 110 Å². The molecule has 0 unspecified atom stereocenters. The number of rotatable bonds is 4.